The molecule has 1 aromatic heterocycles. The molecule has 6 nitrogen and oxygen atoms in total. The number of nitrogens with zero attached hydrogens (tertiary/aromatic N) is 1. The van der Waals surface area contributed by atoms with Gasteiger partial charge in [0.05, 0.1) is 17.7 Å². The number of anilines is 1. The van der Waals surface area contributed by atoms with Crippen LogP contribution in [0.3, 0.4) is 0 Å². The van der Waals surface area contributed by atoms with Gasteiger partial charge in [-0.15, -0.1) is 0 Å². The maximum absolute atomic E-state index is 13.9. The second kappa shape index (κ2) is 5.49. The Hall–Kier alpha value is -1.87. The molecule has 1 fully saturated rings. The van der Waals surface area contributed by atoms with E-state index in [1.807, 2.05) is 0 Å². The first kappa shape index (κ1) is 15.5. The summed E-state index contributed by atoms with van der Waals surface area (Å²) in [7, 11) is 1.36. The van der Waals surface area contributed by atoms with Crippen LogP contribution in [0.5, 0.6) is 0 Å². The second-order valence-electron chi connectivity index (χ2n) is 5.04. The number of aromatic nitrogens is 1. The Morgan fingerprint density at radius 1 is 1.52 bits per heavy atom. The first-order valence-electron chi connectivity index (χ1n) is 6.06. The van der Waals surface area contributed by atoms with Crippen LogP contribution in [0.2, 0.25) is 0 Å². The van der Waals surface area contributed by atoms with E-state index in [9.17, 15) is 18.0 Å². The van der Waals surface area contributed by atoms with Crippen LogP contribution in [-0.4, -0.2) is 41.3 Å². The molecule has 2 rings (SSSR count). The largest absolute Gasteiger partial charge is 0.382 e. The third-order valence-electron chi connectivity index (χ3n) is 3.20. The first-order valence-corrected chi connectivity index (χ1v) is 6.06. The van der Waals surface area contributed by atoms with Crippen molar-refractivity contribution >= 4 is 11.7 Å². The molecule has 0 spiro atoms. The van der Waals surface area contributed by atoms with Crippen molar-refractivity contribution in [3.05, 3.63) is 23.6 Å². The molecule has 1 aliphatic rings. The summed E-state index contributed by atoms with van der Waals surface area (Å²) in [5.41, 5.74) is 0.0598. The van der Waals surface area contributed by atoms with E-state index in [4.69, 9.17) is 9.94 Å². The van der Waals surface area contributed by atoms with Crippen molar-refractivity contribution in [2.45, 2.75) is 24.3 Å². The van der Waals surface area contributed by atoms with Crippen molar-refractivity contribution in [1.29, 1.82) is 0 Å². The van der Waals surface area contributed by atoms with Gasteiger partial charge in [0, 0.05) is 26.1 Å². The zero-order valence-corrected chi connectivity index (χ0v) is 11.1. The number of ether oxygens (including phenoxy) is 1. The Morgan fingerprint density at radius 3 is 2.67 bits per heavy atom. The first-order chi connectivity index (χ1) is 9.81. The molecule has 9 heteroatoms. The predicted molar refractivity (Wildman–Crippen MR) is 65.9 cm³/mol. The Morgan fingerprint density at radius 2 is 2.19 bits per heavy atom. The molecule has 1 aromatic rings. The highest BCUT2D eigenvalue weighted by atomic mass is 19.3. The summed E-state index contributed by atoms with van der Waals surface area (Å²) in [6.45, 7) is -0.0252. The molecule has 21 heavy (non-hydrogen) atoms. The summed E-state index contributed by atoms with van der Waals surface area (Å²) >= 11 is 0. The molecule has 0 saturated heterocycles. The maximum Gasteiger partial charge on any atom is 0.276 e. The van der Waals surface area contributed by atoms with Crippen molar-refractivity contribution in [2.75, 3.05) is 19.0 Å². The lowest BCUT2D eigenvalue weighted by atomic mass is 9.74. The molecule has 0 bridgehead atoms. The molecule has 0 aromatic carbocycles. The van der Waals surface area contributed by atoms with Gasteiger partial charge in [-0.1, -0.05) is 0 Å². The maximum atomic E-state index is 13.9. The van der Waals surface area contributed by atoms with Crippen molar-refractivity contribution < 1.29 is 27.9 Å². The average Bonchev–Trinajstić information content (AvgIpc) is 2.38. The van der Waals surface area contributed by atoms with E-state index in [0.717, 1.165) is 12.3 Å². The highest BCUT2D eigenvalue weighted by Gasteiger charge is 2.57. The number of methoxy groups -OCH3 is 1. The van der Waals surface area contributed by atoms with E-state index < -0.39 is 36.0 Å². The number of alkyl halides is 2. The lowest BCUT2D eigenvalue weighted by Gasteiger charge is -2.47. The molecule has 0 atom stereocenters. The summed E-state index contributed by atoms with van der Waals surface area (Å²) < 4.78 is 44.9. The number of hydroxylamine groups is 1. The molecule has 0 unspecified atom stereocenters. The number of carbonyl (C=O) groups is 1. The van der Waals surface area contributed by atoms with Gasteiger partial charge in [-0.25, -0.2) is 23.6 Å². The Labute approximate surface area is 118 Å². The van der Waals surface area contributed by atoms with Crippen LogP contribution in [0.25, 0.3) is 0 Å². The zero-order chi connectivity index (χ0) is 15.7. The molecular weight excluding hydrogens is 291 g/mol. The van der Waals surface area contributed by atoms with Crippen LogP contribution >= 0.6 is 0 Å². The monoisotopic (exact) mass is 305 g/mol. The number of halogens is 3. The number of rotatable bonds is 5. The number of hydrogen-bond donors (Lipinski definition) is 3. The minimum absolute atomic E-state index is 0.0252. The van der Waals surface area contributed by atoms with Gasteiger partial charge in [0.25, 0.3) is 11.8 Å². The van der Waals surface area contributed by atoms with E-state index in [0.29, 0.717) is 0 Å². The number of pyridine rings is 1. The van der Waals surface area contributed by atoms with Crippen molar-refractivity contribution in [3.63, 3.8) is 0 Å². The van der Waals surface area contributed by atoms with Gasteiger partial charge in [-0.05, 0) is 6.07 Å². The van der Waals surface area contributed by atoms with E-state index in [1.54, 1.807) is 0 Å². The van der Waals surface area contributed by atoms with Gasteiger partial charge in [0.15, 0.2) is 11.6 Å². The Kier molecular flexibility index (Phi) is 4.06. The lowest BCUT2D eigenvalue weighted by molar-refractivity contribution is -0.130. The molecular formula is C12H14F3N3O3. The zero-order valence-electron chi connectivity index (χ0n) is 11.1. The van der Waals surface area contributed by atoms with Gasteiger partial charge in [-0.3, -0.25) is 10.0 Å². The fourth-order valence-electron chi connectivity index (χ4n) is 2.41. The van der Waals surface area contributed by atoms with Gasteiger partial charge in [0.1, 0.15) is 0 Å². The molecule has 0 radical (unpaired) electrons. The van der Waals surface area contributed by atoms with Crippen LogP contribution in [0.1, 0.15) is 23.2 Å². The Bertz CT molecular complexity index is 546. The van der Waals surface area contributed by atoms with Crippen molar-refractivity contribution in [2.24, 2.45) is 0 Å². The molecule has 1 heterocycles. The van der Waals surface area contributed by atoms with E-state index in [2.05, 4.69) is 10.3 Å². The van der Waals surface area contributed by atoms with Gasteiger partial charge < -0.3 is 10.1 Å². The highest BCUT2D eigenvalue weighted by Crippen LogP contribution is 2.47. The fourth-order valence-corrected chi connectivity index (χ4v) is 2.41. The topological polar surface area (TPSA) is 83.5 Å². The van der Waals surface area contributed by atoms with E-state index >= 15 is 0 Å². The van der Waals surface area contributed by atoms with E-state index in [1.165, 1.54) is 12.6 Å². The van der Waals surface area contributed by atoms with Crippen molar-refractivity contribution in [3.8, 4) is 0 Å². The smallest absolute Gasteiger partial charge is 0.276 e. The summed E-state index contributed by atoms with van der Waals surface area (Å²) in [5.74, 6) is -4.88. The van der Waals surface area contributed by atoms with E-state index in [-0.39, 0.29) is 18.0 Å². The minimum atomic E-state index is -2.82. The SMILES string of the molecule is COCC1(Nc2ncc(C(=O)NO)cc2F)CC(F)(F)C1. The van der Waals surface area contributed by atoms with Gasteiger partial charge in [-0.2, -0.15) is 0 Å². The Balaban J connectivity index is 2.17. The molecule has 1 amide bonds. The molecule has 116 valence electrons. The number of carbonyl (C=O) groups excluding carboxylic acids is 1. The summed E-state index contributed by atoms with van der Waals surface area (Å²) in [6.07, 6.45) is 0.0377. The third-order valence-corrected chi connectivity index (χ3v) is 3.20. The molecule has 0 aliphatic heterocycles. The lowest BCUT2D eigenvalue weighted by Crippen LogP contribution is -2.59. The standard InChI is InChI=1S/C12H14F3N3O3/c1-21-6-11(4-12(14,15)5-11)17-9-8(13)2-7(3-16-9)10(19)18-20/h2-3,20H,4-6H2,1H3,(H,16,17)(H,18,19). The highest BCUT2D eigenvalue weighted by molar-refractivity contribution is 5.93. The van der Waals surface area contributed by atoms with Crippen LogP contribution in [0, 0.1) is 5.82 Å². The summed E-state index contributed by atoms with van der Waals surface area (Å²) in [6, 6.07) is 0.845. The minimum Gasteiger partial charge on any atom is -0.382 e. The quantitative estimate of drug-likeness (QED) is 0.568. The predicted octanol–water partition coefficient (Wildman–Crippen LogP) is 1.57. The van der Waals surface area contributed by atoms with Gasteiger partial charge >= 0.3 is 0 Å². The van der Waals surface area contributed by atoms with Crippen LogP contribution < -0.4 is 10.8 Å². The second-order valence-corrected chi connectivity index (χ2v) is 5.04. The molecule has 3 N–H and O–H groups in total. The average molecular weight is 305 g/mol. The fraction of sp³-hybridized carbons (Fsp3) is 0.500. The molecule has 1 aliphatic carbocycles. The third kappa shape index (κ3) is 3.24. The number of nitrogens with one attached hydrogen (secondary N) is 2. The number of hydrogen-bond acceptors (Lipinski definition) is 5. The molecule has 1 saturated carbocycles. The van der Waals surface area contributed by atoms with Crippen LogP contribution in [-0.2, 0) is 4.74 Å². The summed E-state index contributed by atoms with van der Waals surface area (Å²) in [4.78, 5) is 14.8. The van der Waals surface area contributed by atoms with Crippen molar-refractivity contribution in [1.82, 2.24) is 10.5 Å². The van der Waals surface area contributed by atoms with Crippen LogP contribution in [0.15, 0.2) is 12.3 Å². The summed E-state index contributed by atoms with van der Waals surface area (Å²) in [5, 5.41) is 11.1. The van der Waals surface area contributed by atoms with Gasteiger partial charge in [0.2, 0.25) is 0 Å². The number of amides is 1. The van der Waals surface area contributed by atoms with Crippen LogP contribution in [0.4, 0.5) is 19.0 Å². The normalized spacial score (nSPS) is 18.7.